The molecule has 0 aliphatic heterocycles. The number of hydrogen-bond acceptors (Lipinski definition) is 3. The summed E-state index contributed by atoms with van der Waals surface area (Å²) in [5, 5.41) is 11.7. The molecular formula is C13H9ClN2O3. The minimum absolute atomic E-state index is 0.0665. The number of pyridine rings is 1. The minimum Gasteiger partial charge on any atom is -0.478 e. The first kappa shape index (κ1) is 13.0. The molecule has 2 aromatic rings. The monoisotopic (exact) mass is 276 g/mol. The van der Waals surface area contributed by atoms with Crippen molar-refractivity contribution in [2.45, 2.75) is 0 Å². The van der Waals surface area contributed by atoms with Gasteiger partial charge in [-0.15, -0.1) is 0 Å². The van der Waals surface area contributed by atoms with E-state index < -0.39 is 11.9 Å². The molecule has 1 aromatic carbocycles. The van der Waals surface area contributed by atoms with Crippen molar-refractivity contribution in [3.8, 4) is 0 Å². The van der Waals surface area contributed by atoms with Gasteiger partial charge < -0.3 is 10.4 Å². The van der Waals surface area contributed by atoms with Crippen molar-refractivity contribution in [1.29, 1.82) is 0 Å². The molecule has 2 rings (SSSR count). The summed E-state index contributed by atoms with van der Waals surface area (Å²) in [6, 6.07) is 10.7. The van der Waals surface area contributed by atoms with E-state index >= 15 is 0 Å². The van der Waals surface area contributed by atoms with Crippen molar-refractivity contribution in [3.63, 3.8) is 0 Å². The van der Waals surface area contributed by atoms with E-state index in [0.29, 0.717) is 0 Å². The van der Waals surface area contributed by atoms with Gasteiger partial charge in [-0.3, -0.25) is 4.79 Å². The van der Waals surface area contributed by atoms with E-state index in [1.54, 1.807) is 30.3 Å². The van der Waals surface area contributed by atoms with Crippen molar-refractivity contribution in [2.75, 3.05) is 5.32 Å². The van der Waals surface area contributed by atoms with E-state index in [2.05, 4.69) is 10.3 Å². The molecule has 0 saturated carbocycles. The fourth-order valence-electron chi connectivity index (χ4n) is 1.53. The Morgan fingerprint density at radius 1 is 1.05 bits per heavy atom. The first-order chi connectivity index (χ1) is 9.08. The molecule has 96 valence electrons. The van der Waals surface area contributed by atoms with Crippen LogP contribution in [-0.4, -0.2) is 22.0 Å². The molecule has 0 saturated heterocycles. The van der Waals surface area contributed by atoms with Crippen molar-refractivity contribution in [1.82, 2.24) is 4.98 Å². The number of benzene rings is 1. The summed E-state index contributed by atoms with van der Waals surface area (Å²) in [5.74, 6) is -1.45. The van der Waals surface area contributed by atoms with Crippen LogP contribution in [0.1, 0.15) is 20.7 Å². The maximum Gasteiger partial charge on any atom is 0.336 e. The topological polar surface area (TPSA) is 79.3 Å². The maximum atomic E-state index is 12.0. The number of aromatic carboxylic acids is 1. The van der Waals surface area contributed by atoms with Crippen LogP contribution in [0.2, 0.25) is 5.15 Å². The second-order valence-corrected chi connectivity index (χ2v) is 4.04. The number of rotatable bonds is 3. The van der Waals surface area contributed by atoms with E-state index in [9.17, 15) is 9.59 Å². The summed E-state index contributed by atoms with van der Waals surface area (Å²) in [7, 11) is 0. The van der Waals surface area contributed by atoms with Crippen LogP contribution in [0, 0.1) is 0 Å². The van der Waals surface area contributed by atoms with Crippen LogP contribution < -0.4 is 5.32 Å². The average Bonchev–Trinajstić information content (AvgIpc) is 2.38. The fourth-order valence-corrected chi connectivity index (χ4v) is 1.69. The van der Waals surface area contributed by atoms with E-state index in [-0.39, 0.29) is 22.1 Å². The van der Waals surface area contributed by atoms with Crippen LogP contribution in [-0.2, 0) is 0 Å². The van der Waals surface area contributed by atoms with Crippen LogP contribution >= 0.6 is 11.6 Å². The number of carboxylic acid groups (broad SMARTS) is 1. The van der Waals surface area contributed by atoms with E-state index in [1.165, 1.54) is 12.1 Å². The standard InChI is InChI=1S/C13H9ClN2O3/c14-10-6-3-7-11(15-10)16-12(17)8-4-1-2-5-9(8)13(18)19/h1-7H,(H,18,19)(H,15,16,17). The Balaban J connectivity index is 2.28. The van der Waals surface area contributed by atoms with Crippen LogP contribution in [0.5, 0.6) is 0 Å². The molecule has 1 heterocycles. The number of nitrogens with one attached hydrogen (secondary N) is 1. The second-order valence-electron chi connectivity index (χ2n) is 3.65. The number of aromatic nitrogens is 1. The highest BCUT2D eigenvalue weighted by molar-refractivity contribution is 6.29. The van der Waals surface area contributed by atoms with Crippen molar-refractivity contribution >= 4 is 29.3 Å². The molecule has 0 bridgehead atoms. The lowest BCUT2D eigenvalue weighted by Gasteiger charge is -2.07. The SMILES string of the molecule is O=C(O)c1ccccc1C(=O)Nc1cccc(Cl)n1. The molecule has 0 fully saturated rings. The Bertz CT molecular complexity index is 643. The molecule has 0 spiro atoms. The van der Waals surface area contributed by atoms with E-state index in [1.807, 2.05) is 0 Å². The molecule has 0 radical (unpaired) electrons. The third-order valence-electron chi connectivity index (χ3n) is 2.36. The Kier molecular flexibility index (Phi) is 3.77. The molecule has 19 heavy (non-hydrogen) atoms. The van der Waals surface area contributed by atoms with Crippen LogP contribution in [0.4, 0.5) is 5.82 Å². The van der Waals surface area contributed by atoms with Gasteiger partial charge in [0.05, 0.1) is 11.1 Å². The predicted molar refractivity (Wildman–Crippen MR) is 70.6 cm³/mol. The minimum atomic E-state index is -1.16. The number of anilines is 1. The van der Waals surface area contributed by atoms with Crippen molar-refractivity contribution in [3.05, 3.63) is 58.7 Å². The number of carboxylic acids is 1. The lowest BCUT2D eigenvalue weighted by molar-refractivity contribution is 0.0692. The van der Waals surface area contributed by atoms with Gasteiger partial charge in [0.15, 0.2) is 0 Å². The summed E-state index contributed by atoms with van der Waals surface area (Å²) < 4.78 is 0. The predicted octanol–water partition coefficient (Wildman–Crippen LogP) is 2.69. The van der Waals surface area contributed by atoms with Gasteiger partial charge in [0.1, 0.15) is 11.0 Å². The highest BCUT2D eigenvalue weighted by Crippen LogP contribution is 2.13. The highest BCUT2D eigenvalue weighted by atomic mass is 35.5. The Morgan fingerprint density at radius 2 is 1.74 bits per heavy atom. The molecular weight excluding hydrogens is 268 g/mol. The molecule has 1 aromatic heterocycles. The quantitative estimate of drug-likeness (QED) is 0.845. The Labute approximate surface area is 113 Å². The van der Waals surface area contributed by atoms with Gasteiger partial charge in [-0.2, -0.15) is 0 Å². The highest BCUT2D eigenvalue weighted by Gasteiger charge is 2.16. The summed E-state index contributed by atoms with van der Waals surface area (Å²) in [6.07, 6.45) is 0. The third-order valence-corrected chi connectivity index (χ3v) is 2.57. The molecule has 0 aliphatic carbocycles. The molecule has 0 unspecified atom stereocenters. The molecule has 0 aliphatic rings. The van der Waals surface area contributed by atoms with Crippen molar-refractivity contribution < 1.29 is 14.7 Å². The number of halogens is 1. The van der Waals surface area contributed by atoms with Gasteiger partial charge in [0.25, 0.3) is 5.91 Å². The third kappa shape index (κ3) is 3.08. The lowest BCUT2D eigenvalue weighted by Crippen LogP contribution is -2.16. The van der Waals surface area contributed by atoms with Crippen molar-refractivity contribution in [2.24, 2.45) is 0 Å². The second kappa shape index (κ2) is 5.49. The lowest BCUT2D eigenvalue weighted by atomic mass is 10.1. The van der Waals surface area contributed by atoms with Gasteiger partial charge in [-0.05, 0) is 24.3 Å². The summed E-state index contributed by atoms with van der Waals surface area (Å²) >= 11 is 5.70. The number of amides is 1. The number of hydrogen-bond donors (Lipinski definition) is 2. The average molecular weight is 277 g/mol. The molecule has 6 heteroatoms. The van der Waals surface area contributed by atoms with Gasteiger partial charge >= 0.3 is 5.97 Å². The zero-order valence-electron chi connectivity index (χ0n) is 9.63. The zero-order chi connectivity index (χ0) is 13.8. The number of carbonyl (C=O) groups is 2. The normalized spacial score (nSPS) is 9.95. The van der Waals surface area contributed by atoms with Crippen LogP contribution in [0.15, 0.2) is 42.5 Å². The molecule has 5 nitrogen and oxygen atoms in total. The fraction of sp³-hybridized carbons (Fsp3) is 0. The van der Waals surface area contributed by atoms with Crippen LogP contribution in [0.25, 0.3) is 0 Å². The summed E-state index contributed by atoms with van der Waals surface area (Å²) in [6.45, 7) is 0. The number of nitrogens with zero attached hydrogens (tertiary/aromatic N) is 1. The molecule has 2 N–H and O–H groups in total. The first-order valence-corrected chi connectivity index (χ1v) is 5.72. The zero-order valence-corrected chi connectivity index (χ0v) is 10.4. The van der Waals surface area contributed by atoms with Crippen LogP contribution in [0.3, 0.4) is 0 Å². The van der Waals surface area contributed by atoms with Gasteiger partial charge in [0, 0.05) is 0 Å². The van der Waals surface area contributed by atoms with E-state index in [4.69, 9.17) is 16.7 Å². The summed E-state index contributed by atoms with van der Waals surface area (Å²) in [4.78, 5) is 26.9. The molecule has 1 amide bonds. The van der Waals surface area contributed by atoms with E-state index in [0.717, 1.165) is 0 Å². The van der Waals surface area contributed by atoms with Gasteiger partial charge in [0.2, 0.25) is 0 Å². The summed E-state index contributed by atoms with van der Waals surface area (Å²) in [5.41, 5.74) is -0.00111. The maximum absolute atomic E-state index is 12.0. The molecule has 0 atom stereocenters. The Hall–Kier alpha value is -2.40. The smallest absolute Gasteiger partial charge is 0.336 e. The first-order valence-electron chi connectivity index (χ1n) is 5.34. The Morgan fingerprint density at radius 3 is 2.37 bits per heavy atom. The number of carbonyl (C=O) groups excluding carboxylic acids is 1. The van der Waals surface area contributed by atoms with Gasteiger partial charge in [-0.25, -0.2) is 9.78 Å². The van der Waals surface area contributed by atoms with Gasteiger partial charge in [-0.1, -0.05) is 29.8 Å². The largest absolute Gasteiger partial charge is 0.478 e.